The van der Waals surface area contributed by atoms with Crippen molar-refractivity contribution in [3.8, 4) is 0 Å². The van der Waals surface area contributed by atoms with Crippen LogP contribution in [0.15, 0.2) is 18.2 Å². The van der Waals surface area contributed by atoms with Gasteiger partial charge in [-0.15, -0.1) is 0 Å². The van der Waals surface area contributed by atoms with Gasteiger partial charge in [-0.1, -0.05) is 12.1 Å². The van der Waals surface area contributed by atoms with Gasteiger partial charge in [0.25, 0.3) is 5.91 Å². The van der Waals surface area contributed by atoms with Crippen molar-refractivity contribution in [1.29, 1.82) is 0 Å². The number of piperidine rings is 1. The van der Waals surface area contributed by atoms with Crippen molar-refractivity contribution in [3.63, 3.8) is 0 Å². The molecule has 3 rings (SSSR count). The summed E-state index contributed by atoms with van der Waals surface area (Å²) in [7, 11) is -2.16. The summed E-state index contributed by atoms with van der Waals surface area (Å²) in [6.07, 6.45) is 2.18. The van der Waals surface area contributed by atoms with Gasteiger partial charge in [0.1, 0.15) is 6.04 Å². The lowest BCUT2D eigenvalue weighted by Crippen LogP contribution is -2.52. The third kappa shape index (κ3) is 3.14. The molecule has 1 fully saturated rings. The van der Waals surface area contributed by atoms with Gasteiger partial charge in [-0.2, -0.15) is 0 Å². The molecule has 2 unspecified atom stereocenters. The predicted molar refractivity (Wildman–Crippen MR) is 87.4 cm³/mol. The van der Waals surface area contributed by atoms with E-state index in [1.54, 1.807) is 18.4 Å². The Morgan fingerprint density at radius 2 is 2.09 bits per heavy atom. The number of benzene rings is 1. The smallest absolute Gasteiger partial charge is 0.255 e. The second-order valence-corrected chi connectivity index (χ2v) is 8.88. The highest BCUT2D eigenvalue weighted by atomic mass is 32.2. The standard InChI is InChI=1S/C16H18N2O4S/c1-23(2,22)9-10-3-4-12-11(7-10)8-18(16(12)21)13-5-6-14(19)17-15(13)20/h3-4,7,13H,1,5-6,8-9H2,2H3,(H,17,19,20). The van der Waals surface area contributed by atoms with E-state index >= 15 is 0 Å². The molecule has 2 aliphatic heterocycles. The van der Waals surface area contributed by atoms with Crippen molar-refractivity contribution in [1.82, 2.24) is 10.2 Å². The summed E-state index contributed by atoms with van der Waals surface area (Å²) in [5.74, 6) is 3.08. The largest absolute Gasteiger partial charge is 0.322 e. The Morgan fingerprint density at radius 1 is 1.35 bits per heavy atom. The molecule has 0 aliphatic carbocycles. The number of imide groups is 1. The molecular weight excluding hydrogens is 316 g/mol. The van der Waals surface area contributed by atoms with Crippen LogP contribution in [0.25, 0.3) is 0 Å². The molecule has 1 N–H and O–H groups in total. The van der Waals surface area contributed by atoms with Crippen LogP contribution in [0.4, 0.5) is 0 Å². The predicted octanol–water partition coefficient (Wildman–Crippen LogP) is 0.294. The minimum absolute atomic E-state index is 0.201. The molecule has 7 heteroatoms. The van der Waals surface area contributed by atoms with Crippen LogP contribution in [-0.2, 0) is 31.4 Å². The van der Waals surface area contributed by atoms with Crippen LogP contribution in [0.2, 0.25) is 0 Å². The Kier molecular flexibility index (Phi) is 3.75. The molecule has 1 aromatic rings. The average molecular weight is 334 g/mol. The van der Waals surface area contributed by atoms with E-state index in [-0.39, 0.29) is 18.2 Å². The fourth-order valence-electron chi connectivity index (χ4n) is 3.07. The molecule has 122 valence electrons. The minimum Gasteiger partial charge on any atom is -0.322 e. The number of amides is 3. The molecule has 0 radical (unpaired) electrons. The molecule has 2 heterocycles. The maximum Gasteiger partial charge on any atom is 0.255 e. The summed E-state index contributed by atoms with van der Waals surface area (Å²) >= 11 is 0. The van der Waals surface area contributed by atoms with Gasteiger partial charge in [0, 0.05) is 30.5 Å². The van der Waals surface area contributed by atoms with Crippen molar-refractivity contribution >= 4 is 33.1 Å². The van der Waals surface area contributed by atoms with E-state index in [0.29, 0.717) is 24.3 Å². The number of hydrogen-bond acceptors (Lipinski definition) is 4. The third-order valence-corrected chi connectivity index (χ3v) is 5.00. The summed E-state index contributed by atoms with van der Waals surface area (Å²) in [6, 6.07) is 4.73. The molecule has 0 saturated carbocycles. The Bertz CT molecular complexity index is 813. The quantitative estimate of drug-likeness (QED) is 0.636. The molecule has 0 aromatic heterocycles. The lowest BCUT2D eigenvalue weighted by Gasteiger charge is -2.29. The van der Waals surface area contributed by atoms with E-state index in [0.717, 1.165) is 11.1 Å². The Hall–Kier alpha value is -2.15. The van der Waals surface area contributed by atoms with E-state index in [1.807, 2.05) is 6.07 Å². The summed E-state index contributed by atoms with van der Waals surface area (Å²) in [5, 5.41) is 2.28. The highest BCUT2D eigenvalue weighted by Gasteiger charge is 2.38. The van der Waals surface area contributed by atoms with Gasteiger partial charge in [-0.3, -0.25) is 23.9 Å². The van der Waals surface area contributed by atoms with Crippen molar-refractivity contribution in [2.45, 2.75) is 31.2 Å². The normalized spacial score (nSPS) is 23.4. The number of nitrogens with zero attached hydrogens (tertiary/aromatic N) is 1. The van der Waals surface area contributed by atoms with E-state index in [1.165, 1.54) is 4.90 Å². The van der Waals surface area contributed by atoms with Gasteiger partial charge >= 0.3 is 0 Å². The molecule has 1 aromatic carbocycles. The third-order valence-electron chi connectivity index (χ3n) is 4.06. The first kappa shape index (κ1) is 15.7. The lowest BCUT2D eigenvalue weighted by atomic mass is 10.0. The molecule has 0 spiro atoms. The van der Waals surface area contributed by atoms with Crippen molar-refractivity contribution in [3.05, 3.63) is 34.9 Å². The topological polar surface area (TPSA) is 83.6 Å². The summed E-state index contributed by atoms with van der Waals surface area (Å²) < 4.78 is 11.8. The van der Waals surface area contributed by atoms with Crippen molar-refractivity contribution in [2.24, 2.45) is 0 Å². The number of hydrogen-bond donors (Lipinski definition) is 1. The van der Waals surface area contributed by atoms with E-state index in [9.17, 15) is 18.6 Å². The van der Waals surface area contributed by atoms with E-state index in [4.69, 9.17) is 0 Å². The molecular formula is C16H18N2O4S. The van der Waals surface area contributed by atoms with E-state index < -0.39 is 21.5 Å². The number of nitrogens with one attached hydrogen (secondary N) is 1. The minimum atomic E-state index is -2.16. The van der Waals surface area contributed by atoms with Gasteiger partial charge in [0.15, 0.2) is 0 Å². The first-order chi connectivity index (χ1) is 10.7. The Balaban J connectivity index is 1.84. The van der Waals surface area contributed by atoms with Crippen LogP contribution in [0, 0.1) is 0 Å². The van der Waals surface area contributed by atoms with Gasteiger partial charge in [-0.05, 0) is 39.0 Å². The van der Waals surface area contributed by atoms with Crippen molar-refractivity contribution in [2.75, 3.05) is 6.26 Å². The number of fused-ring (bicyclic) bond motifs is 1. The molecule has 23 heavy (non-hydrogen) atoms. The average Bonchev–Trinajstić information content (AvgIpc) is 2.74. The van der Waals surface area contributed by atoms with Crippen LogP contribution in [0.3, 0.4) is 0 Å². The van der Waals surface area contributed by atoms with Crippen LogP contribution in [0.5, 0.6) is 0 Å². The molecule has 0 bridgehead atoms. The van der Waals surface area contributed by atoms with Gasteiger partial charge in [-0.25, -0.2) is 0 Å². The summed E-state index contributed by atoms with van der Waals surface area (Å²) in [4.78, 5) is 37.2. The maximum absolute atomic E-state index is 12.5. The fraction of sp³-hybridized carbons (Fsp3) is 0.375. The molecule has 3 amide bonds. The molecule has 1 saturated heterocycles. The zero-order valence-electron chi connectivity index (χ0n) is 12.8. The van der Waals surface area contributed by atoms with Gasteiger partial charge in [0.05, 0.1) is 0 Å². The zero-order valence-corrected chi connectivity index (χ0v) is 13.6. The SMILES string of the molecule is C=S(C)(=O)Cc1ccc2c(c1)CN(C1CCC(=O)NC1=O)C2=O. The highest BCUT2D eigenvalue weighted by Crippen LogP contribution is 2.28. The maximum atomic E-state index is 12.5. The summed E-state index contributed by atoms with van der Waals surface area (Å²) in [5.41, 5.74) is 2.25. The first-order valence-electron chi connectivity index (χ1n) is 7.31. The number of carbonyl (C=O) groups excluding carboxylic acids is 3. The van der Waals surface area contributed by atoms with Crippen molar-refractivity contribution < 1.29 is 18.6 Å². The van der Waals surface area contributed by atoms with Gasteiger partial charge in [0.2, 0.25) is 11.8 Å². The highest BCUT2D eigenvalue weighted by molar-refractivity contribution is 7.98. The van der Waals surface area contributed by atoms with Crippen LogP contribution in [0.1, 0.15) is 34.3 Å². The van der Waals surface area contributed by atoms with Crippen LogP contribution in [-0.4, -0.2) is 45.0 Å². The first-order valence-corrected chi connectivity index (χ1v) is 9.61. The second kappa shape index (κ2) is 5.49. The Morgan fingerprint density at radius 3 is 2.74 bits per heavy atom. The monoisotopic (exact) mass is 334 g/mol. The number of carbonyl (C=O) groups is 3. The lowest BCUT2D eigenvalue weighted by molar-refractivity contribution is -0.136. The molecule has 2 atom stereocenters. The van der Waals surface area contributed by atoms with Crippen LogP contribution < -0.4 is 5.32 Å². The zero-order chi connectivity index (χ0) is 16.8. The summed E-state index contributed by atoms with van der Waals surface area (Å²) in [6.45, 7) is 0.330. The molecule has 6 nitrogen and oxygen atoms in total. The molecule has 2 aliphatic rings. The van der Waals surface area contributed by atoms with Gasteiger partial charge < -0.3 is 4.90 Å². The van der Waals surface area contributed by atoms with Crippen LogP contribution >= 0.6 is 0 Å². The van der Waals surface area contributed by atoms with E-state index in [2.05, 4.69) is 11.2 Å². The number of rotatable bonds is 3. The second-order valence-electron chi connectivity index (χ2n) is 6.22. The fourth-order valence-corrected chi connectivity index (χ4v) is 3.95. The Labute approximate surface area is 134 Å².